The van der Waals surface area contributed by atoms with Gasteiger partial charge in [0.25, 0.3) is 5.91 Å². The number of aryl methyl sites for hydroxylation is 1. The van der Waals surface area contributed by atoms with Crippen molar-refractivity contribution in [2.75, 3.05) is 6.54 Å². The van der Waals surface area contributed by atoms with E-state index < -0.39 is 0 Å². The van der Waals surface area contributed by atoms with Gasteiger partial charge in [-0.05, 0) is 31.0 Å². The molecule has 6 heteroatoms. The lowest BCUT2D eigenvalue weighted by molar-refractivity contribution is 0.0731. The molecule has 0 aliphatic carbocycles. The third-order valence-corrected chi connectivity index (χ3v) is 5.28. The van der Waals surface area contributed by atoms with Gasteiger partial charge in [-0.25, -0.2) is 0 Å². The van der Waals surface area contributed by atoms with E-state index in [9.17, 15) is 4.79 Å². The molecule has 0 bridgehead atoms. The van der Waals surface area contributed by atoms with Crippen molar-refractivity contribution in [2.45, 2.75) is 18.9 Å². The minimum Gasteiger partial charge on any atom is -0.350 e. The van der Waals surface area contributed by atoms with E-state index in [1.165, 1.54) is 0 Å². The van der Waals surface area contributed by atoms with Crippen molar-refractivity contribution >= 4 is 22.5 Å². The molecule has 1 atom stereocenters. The lowest BCUT2D eigenvalue weighted by Crippen LogP contribution is -2.31. The van der Waals surface area contributed by atoms with E-state index in [1.807, 2.05) is 75.8 Å². The van der Waals surface area contributed by atoms with E-state index in [2.05, 4.69) is 10.2 Å². The van der Waals surface area contributed by atoms with Crippen molar-refractivity contribution in [3.8, 4) is 0 Å². The summed E-state index contributed by atoms with van der Waals surface area (Å²) in [6, 6.07) is 13.8. The highest BCUT2D eigenvalue weighted by Gasteiger charge is 2.34. The molecule has 26 heavy (non-hydrogen) atoms. The fourth-order valence-electron chi connectivity index (χ4n) is 4.03. The number of pyridine rings is 1. The van der Waals surface area contributed by atoms with E-state index in [0.29, 0.717) is 0 Å². The van der Waals surface area contributed by atoms with Gasteiger partial charge in [0.1, 0.15) is 0 Å². The van der Waals surface area contributed by atoms with Crippen molar-refractivity contribution in [1.82, 2.24) is 24.1 Å². The summed E-state index contributed by atoms with van der Waals surface area (Å²) >= 11 is 0. The summed E-state index contributed by atoms with van der Waals surface area (Å²) in [6.07, 6.45) is 5.78. The second kappa shape index (κ2) is 5.69. The van der Waals surface area contributed by atoms with Crippen molar-refractivity contribution < 1.29 is 4.79 Å². The second-order valence-corrected chi connectivity index (χ2v) is 6.81. The highest BCUT2D eigenvalue weighted by atomic mass is 16.2. The number of nitrogens with zero attached hydrogens (tertiary/aromatic N) is 5. The fourth-order valence-corrected chi connectivity index (χ4v) is 4.03. The van der Waals surface area contributed by atoms with Gasteiger partial charge < -0.3 is 9.47 Å². The number of para-hydroxylation sites is 1. The highest BCUT2D eigenvalue weighted by Crippen LogP contribution is 2.33. The number of fused-ring (bicyclic) bond motifs is 2. The van der Waals surface area contributed by atoms with Crippen LogP contribution in [0.25, 0.3) is 16.6 Å². The van der Waals surface area contributed by atoms with Crippen LogP contribution < -0.4 is 0 Å². The molecule has 4 aromatic rings. The predicted molar refractivity (Wildman–Crippen MR) is 98.9 cm³/mol. The summed E-state index contributed by atoms with van der Waals surface area (Å²) in [7, 11) is 1.98. The minimum atomic E-state index is -0.0427. The van der Waals surface area contributed by atoms with Crippen LogP contribution in [0.15, 0.2) is 54.9 Å². The molecule has 1 aliphatic heterocycles. The van der Waals surface area contributed by atoms with Crippen LogP contribution in [0.2, 0.25) is 0 Å². The monoisotopic (exact) mass is 345 g/mol. The Hall–Kier alpha value is -3.15. The van der Waals surface area contributed by atoms with Crippen LogP contribution in [-0.4, -0.2) is 36.5 Å². The molecule has 0 unspecified atom stereocenters. The molecule has 0 radical (unpaired) electrons. The van der Waals surface area contributed by atoms with Gasteiger partial charge in [0.05, 0.1) is 11.6 Å². The number of amides is 1. The van der Waals surface area contributed by atoms with Crippen LogP contribution in [0, 0.1) is 0 Å². The smallest absolute Gasteiger partial charge is 0.256 e. The van der Waals surface area contributed by atoms with Crippen LogP contribution in [0.1, 0.15) is 35.1 Å². The van der Waals surface area contributed by atoms with Gasteiger partial charge in [-0.3, -0.25) is 9.20 Å². The first-order valence-corrected chi connectivity index (χ1v) is 8.89. The number of likely N-dealkylation sites (tertiary alicyclic amines) is 1. The Morgan fingerprint density at radius 3 is 2.88 bits per heavy atom. The summed E-state index contributed by atoms with van der Waals surface area (Å²) in [5, 5.41) is 9.64. The molecule has 1 aromatic carbocycles. The Morgan fingerprint density at radius 1 is 1.12 bits per heavy atom. The zero-order chi connectivity index (χ0) is 17.7. The van der Waals surface area contributed by atoms with Gasteiger partial charge in [0, 0.05) is 36.9 Å². The zero-order valence-corrected chi connectivity index (χ0v) is 14.5. The number of aromatic nitrogens is 4. The van der Waals surface area contributed by atoms with Gasteiger partial charge in [-0.1, -0.05) is 24.3 Å². The topological polar surface area (TPSA) is 55.4 Å². The van der Waals surface area contributed by atoms with Crippen molar-refractivity contribution in [3.05, 3.63) is 66.2 Å². The molecule has 130 valence electrons. The molecule has 0 N–H and O–H groups in total. The van der Waals surface area contributed by atoms with E-state index in [-0.39, 0.29) is 11.9 Å². The number of carbonyl (C=O) groups is 1. The Labute approximate surface area is 150 Å². The summed E-state index contributed by atoms with van der Waals surface area (Å²) < 4.78 is 4.00. The summed E-state index contributed by atoms with van der Waals surface area (Å²) in [5.41, 5.74) is 2.63. The van der Waals surface area contributed by atoms with E-state index in [0.717, 1.165) is 47.3 Å². The highest BCUT2D eigenvalue weighted by molar-refractivity contribution is 6.07. The summed E-state index contributed by atoms with van der Waals surface area (Å²) in [4.78, 5) is 15.3. The number of hydrogen-bond donors (Lipinski definition) is 0. The molecular formula is C20H19N5O. The van der Waals surface area contributed by atoms with E-state index in [1.54, 1.807) is 0 Å². The normalized spacial score (nSPS) is 17.4. The molecule has 0 spiro atoms. The molecule has 5 rings (SSSR count). The first kappa shape index (κ1) is 15.1. The van der Waals surface area contributed by atoms with Crippen molar-refractivity contribution in [3.63, 3.8) is 0 Å². The first-order valence-electron chi connectivity index (χ1n) is 8.89. The maximum Gasteiger partial charge on any atom is 0.256 e. The molecule has 3 aromatic heterocycles. The standard InChI is InChI=1S/C20H19N5O/c1-23-13-15(14-7-2-3-8-16(14)23)20(26)24-12-6-9-17(24)19-22-21-18-10-4-5-11-25(18)19/h2-5,7-8,10-11,13,17H,6,9,12H2,1H3/t17-/m0/s1. The molecule has 1 aliphatic rings. The van der Waals surface area contributed by atoms with Crippen LogP contribution in [0.4, 0.5) is 0 Å². The quantitative estimate of drug-likeness (QED) is 0.561. The molecule has 6 nitrogen and oxygen atoms in total. The Bertz CT molecular complexity index is 1130. The maximum absolute atomic E-state index is 13.4. The lowest BCUT2D eigenvalue weighted by atomic mass is 10.1. The van der Waals surface area contributed by atoms with Gasteiger partial charge in [0.2, 0.25) is 0 Å². The van der Waals surface area contributed by atoms with Gasteiger partial charge in [-0.2, -0.15) is 0 Å². The fraction of sp³-hybridized carbons (Fsp3) is 0.250. The minimum absolute atomic E-state index is 0.0427. The third-order valence-electron chi connectivity index (χ3n) is 5.28. The van der Waals surface area contributed by atoms with Crippen molar-refractivity contribution in [2.24, 2.45) is 7.05 Å². The van der Waals surface area contributed by atoms with Gasteiger partial charge in [-0.15, -0.1) is 10.2 Å². The molecule has 0 saturated carbocycles. The van der Waals surface area contributed by atoms with Crippen molar-refractivity contribution in [1.29, 1.82) is 0 Å². The summed E-state index contributed by atoms with van der Waals surface area (Å²) in [6.45, 7) is 0.745. The largest absolute Gasteiger partial charge is 0.350 e. The SMILES string of the molecule is Cn1cc(C(=O)N2CCC[C@H]2c2nnc3ccccn23)c2ccccc21. The second-order valence-electron chi connectivity index (χ2n) is 6.81. The first-order chi connectivity index (χ1) is 12.7. The molecule has 1 amide bonds. The van der Waals surface area contributed by atoms with E-state index >= 15 is 0 Å². The van der Waals surface area contributed by atoms with E-state index in [4.69, 9.17) is 0 Å². The Morgan fingerprint density at radius 2 is 1.96 bits per heavy atom. The number of carbonyl (C=O) groups excluding carboxylic acids is 1. The lowest BCUT2D eigenvalue weighted by Gasteiger charge is -2.23. The van der Waals surface area contributed by atoms with Crippen LogP contribution in [0.5, 0.6) is 0 Å². The molecule has 1 saturated heterocycles. The van der Waals surface area contributed by atoms with Crippen LogP contribution in [-0.2, 0) is 7.05 Å². The van der Waals surface area contributed by atoms with Crippen LogP contribution >= 0.6 is 0 Å². The molecular weight excluding hydrogens is 326 g/mol. The predicted octanol–water partition coefficient (Wildman–Crippen LogP) is 3.20. The Kier molecular flexibility index (Phi) is 3.31. The number of rotatable bonds is 2. The Balaban J connectivity index is 1.57. The zero-order valence-electron chi connectivity index (χ0n) is 14.5. The molecule has 4 heterocycles. The molecule has 1 fully saturated rings. The number of hydrogen-bond acceptors (Lipinski definition) is 3. The van der Waals surface area contributed by atoms with Gasteiger partial charge >= 0.3 is 0 Å². The average Bonchev–Trinajstić information content (AvgIpc) is 3.38. The van der Waals surface area contributed by atoms with Crippen LogP contribution in [0.3, 0.4) is 0 Å². The third kappa shape index (κ3) is 2.15. The number of benzene rings is 1. The van der Waals surface area contributed by atoms with Gasteiger partial charge in [0.15, 0.2) is 11.5 Å². The summed E-state index contributed by atoms with van der Waals surface area (Å²) in [5.74, 6) is 0.906. The maximum atomic E-state index is 13.4. The average molecular weight is 345 g/mol.